The van der Waals surface area contributed by atoms with Crippen LogP contribution in [0.25, 0.3) is 0 Å². The van der Waals surface area contributed by atoms with Crippen molar-refractivity contribution in [2.75, 3.05) is 7.11 Å². The van der Waals surface area contributed by atoms with E-state index < -0.39 is 0 Å². The number of ether oxygens (including phenoxy) is 1. The van der Waals surface area contributed by atoms with Crippen molar-refractivity contribution in [3.8, 4) is 0 Å². The van der Waals surface area contributed by atoms with Crippen molar-refractivity contribution < 1.29 is 9.53 Å². The van der Waals surface area contributed by atoms with Crippen LogP contribution in [-0.4, -0.2) is 13.1 Å². The van der Waals surface area contributed by atoms with Crippen molar-refractivity contribution in [2.24, 2.45) is 17.8 Å². The zero-order valence-electron chi connectivity index (χ0n) is 19.1. The van der Waals surface area contributed by atoms with Crippen molar-refractivity contribution in [3.05, 3.63) is 71.3 Å². The van der Waals surface area contributed by atoms with Crippen LogP contribution >= 0.6 is 0 Å². The minimum atomic E-state index is -0.0770. The lowest BCUT2D eigenvalue weighted by atomic mass is 9.72. The second-order valence-electron chi connectivity index (χ2n) is 10.2. The zero-order valence-corrected chi connectivity index (χ0v) is 19.1. The molecule has 31 heavy (non-hydrogen) atoms. The summed E-state index contributed by atoms with van der Waals surface area (Å²) in [7, 11) is 1.49. The molecule has 3 aliphatic rings. The number of esters is 1. The van der Waals surface area contributed by atoms with Gasteiger partial charge in [-0.15, -0.1) is 0 Å². The fraction of sp³-hybridized carbons (Fsp3) is 0.552. The van der Waals surface area contributed by atoms with Gasteiger partial charge in [-0.1, -0.05) is 67.9 Å². The van der Waals surface area contributed by atoms with Gasteiger partial charge in [0.2, 0.25) is 0 Å². The van der Waals surface area contributed by atoms with Gasteiger partial charge in [0.25, 0.3) is 0 Å². The summed E-state index contributed by atoms with van der Waals surface area (Å²) >= 11 is 0. The van der Waals surface area contributed by atoms with Crippen molar-refractivity contribution in [1.29, 1.82) is 0 Å². The molecule has 0 heterocycles. The Bertz CT molecular complexity index is 919. The quantitative estimate of drug-likeness (QED) is 0.412. The summed E-state index contributed by atoms with van der Waals surface area (Å²) in [5, 5.41) is 0. The number of carbonyl (C=O) groups is 1. The standard InChI is InChI=1S/C29H36O2/c1-3-22-25(27-18-26(22)23-12-7-8-13-24(23)27)16-15-21-19-29(21,17-9-14-28(30)31-2)20-10-5-4-6-11-20/h4-8,10-13,21-22,25-27H,3,9,14-19H2,1-2H3. The van der Waals surface area contributed by atoms with E-state index in [0.717, 1.165) is 42.4 Å². The third kappa shape index (κ3) is 3.62. The molecule has 2 saturated carbocycles. The SMILES string of the molecule is CCC1C2CC(c3ccccc32)C1CCC1CC1(CCCC(=O)OC)c1ccccc1. The number of methoxy groups -OCH3 is 1. The smallest absolute Gasteiger partial charge is 0.305 e. The number of rotatable bonds is 9. The second-order valence-corrected chi connectivity index (χ2v) is 10.2. The van der Waals surface area contributed by atoms with Crippen LogP contribution in [0.4, 0.5) is 0 Å². The lowest BCUT2D eigenvalue weighted by Gasteiger charge is -2.32. The largest absolute Gasteiger partial charge is 0.469 e. The molecule has 2 aromatic rings. The Balaban J connectivity index is 1.27. The van der Waals surface area contributed by atoms with E-state index in [-0.39, 0.29) is 11.4 Å². The molecule has 0 aliphatic heterocycles. The minimum Gasteiger partial charge on any atom is -0.469 e. The molecule has 2 nitrogen and oxygen atoms in total. The first kappa shape index (κ1) is 20.8. The third-order valence-electron chi connectivity index (χ3n) is 9.02. The Hall–Kier alpha value is -2.09. The molecule has 0 aromatic heterocycles. The van der Waals surface area contributed by atoms with E-state index in [2.05, 4.69) is 61.5 Å². The Morgan fingerprint density at radius 1 is 0.968 bits per heavy atom. The third-order valence-corrected chi connectivity index (χ3v) is 9.02. The monoisotopic (exact) mass is 416 g/mol. The van der Waals surface area contributed by atoms with E-state index in [1.54, 1.807) is 11.1 Å². The second kappa shape index (κ2) is 8.45. The molecule has 0 saturated heterocycles. The first-order valence-corrected chi connectivity index (χ1v) is 12.4. The fourth-order valence-electron chi connectivity index (χ4n) is 7.50. The van der Waals surface area contributed by atoms with Crippen LogP contribution in [0.15, 0.2) is 54.6 Å². The average molecular weight is 417 g/mol. The Morgan fingerprint density at radius 2 is 1.65 bits per heavy atom. The predicted molar refractivity (Wildman–Crippen MR) is 125 cm³/mol. The maximum atomic E-state index is 11.7. The Kier molecular flexibility index (Phi) is 5.67. The molecule has 2 bridgehead atoms. The van der Waals surface area contributed by atoms with Crippen LogP contribution in [0.1, 0.15) is 86.8 Å². The first-order valence-electron chi connectivity index (χ1n) is 12.4. The van der Waals surface area contributed by atoms with Gasteiger partial charge in [-0.3, -0.25) is 4.79 Å². The van der Waals surface area contributed by atoms with E-state index in [1.165, 1.54) is 44.8 Å². The molecular formula is C29H36O2. The zero-order chi connectivity index (χ0) is 21.4. The molecule has 6 atom stereocenters. The van der Waals surface area contributed by atoms with Crippen LogP contribution in [-0.2, 0) is 14.9 Å². The van der Waals surface area contributed by atoms with E-state index >= 15 is 0 Å². The highest BCUT2D eigenvalue weighted by molar-refractivity contribution is 5.69. The average Bonchev–Trinajstić information content (AvgIpc) is 3.22. The molecule has 5 rings (SSSR count). The van der Waals surface area contributed by atoms with Crippen LogP contribution in [0, 0.1) is 17.8 Å². The first-order chi connectivity index (χ1) is 15.2. The number of hydrogen-bond donors (Lipinski definition) is 0. The van der Waals surface area contributed by atoms with Gasteiger partial charge in [0.05, 0.1) is 7.11 Å². The van der Waals surface area contributed by atoms with Gasteiger partial charge in [0, 0.05) is 6.42 Å². The molecule has 2 heteroatoms. The van der Waals surface area contributed by atoms with E-state index in [0.29, 0.717) is 6.42 Å². The van der Waals surface area contributed by atoms with E-state index in [1.807, 2.05) is 0 Å². The topological polar surface area (TPSA) is 26.3 Å². The summed E-state index contributed by atoms with van der Waals surface area (Å²) in [5.41, 5.74) is 5.08. The van der Waals surface area contributed by atoms with Crippen LogP contribution in [0.5, 0.6) is 0 Å². The molecule has 0 amide bonds. The minimum absolute atomic E-state index is 0.0770. The maximum Gasteiger partial charge on any atom is 0.305 e. The van der Waals surface area contributed by atoms with Gasteiger partial charge in [-0.05, 0) is 90.2 Å². The Morgan fingerprint density at radius 3 is 2.32 bits per heavy atom. The summed E-state index contributed by atoms with van der Waals surface area (Å²) < 4.78 is 4.88. The highest BCUT2D eigenvalue weighted by atomic mass is 16.5. The summed E-state index contributed by atoms with van der Waals surface area (Å²) in [4.78, 5) is 11.7. The predicted octanol–water partition coefficient (Wildman–Crippen LogP) is 6.99. The van der Waals surface area contributed by atoms with Gasteiger partial charge in [0.1, 0.15) is 0 Å². The van der Waals surface area contributed by atoms with Crippen LogP contribution < -0.4 is 0 Å². The summed E-state index contributed by atoms with van der Waals surface area (Å²) in [6, 6.07) is 20.3. The number of hydrogen-bond acceptors (Lipinski definition) is 2. The van der Waals surface area contributed by atoms with Gasteiger partial charge in [0.15, 0.2) is 0 Å². The summed E-state index contributed by atoms with van der Waals surface area (Å²) in [5.74, 6) is 3.99. The van der Waals surface area contributed by atoms with Crippen LogP contribution in [0.3, 0.4) is 0 Å². The fourth-order valence-corrected chi connectivity index (χ4v) is 7.50. The van der Waals surface area contributed by atoms with Crippen molar-refractivity contribution in [3.63, 3.8) is 0 Å². The lowest BCUT2D eigenvalue weighted by molar-refractivity contribution is -0.140. The highest BCUT2D eigenvalue weighted by Gasteiger charge is 2.55. The molecule has 0 N–H and O–H groups in total. The number of fused-ring (bicyclic) bond motifs is 5. The molecule has 2 aromatic carbocycles. The summed E-state index contributed by atoms with van der Waals surface area (Å²) in [6.45, 7) is 2.40. The van der Waals surface area contributed by atoms with Gasteiger partial charge < -0.3 is 4.74 Å². The van der Waals surface area contributed by atoms with E-state index in [4.69, 9.17) is 4.74 Å². The van der Waals surface area contributed by atoms with Crippen LogP contribution in [0.2, 0.25) is 0 Å². The number of benzene rings is 2. The molecule has 0 spiro atoms. The molecule has 3 aliphatic carbocycles. The van der Waals surface area contributed by atoms with Crippen molar-refractivity contribution in [2.45, 2.75) is 75.5 Å². The van der Waals surface area contributed by atoms with Gasteiger partial charge in [-0.25, -0.2) is 0 Å². The summed E-state index contributed by atoms with van der Waals surface area (Å²) in [6.07, 6.45) is 9.25. The molecule has 2 fully saturated rings. The lowest BCUT2D eigenvalue weighted by Crippen LogP contribution is -2.22. The molecular weight excluding hydrogens is 380 g/mol. The number of carbonyl (C=O) groups excluding carboxylic acids is 1. The van der Waals surface area contributed by atoms with Gasteiger partial charge in [-0.2, -0.15) is 0 Å². The normalized spacial score (nSPS) is 32.6. The maximum absolute atomic E-state index is 11.7. The van der Waals surface area contributed by atoms with E-state index in [9.17, 15) is 4.79 Å². The van der Waals surface area contributed by atoms with Crippen molar-refractivity contribution >= 4 is 5.97 Å². The van der Waals surface area contributed by atoms with Crippen molar-refractivity contribution in [1.82, 2.24) is 0 Å². The molecule has 0 radical (unpaired) electrons. The highest BCUT2D eigenvalue weighted by Crippen LogP contribution is 2.64. The Labute approximate surface area is 187 Å². The molecule has 164 valence electrons. The molecule has 6 unspecified atom stereocenters. The van der Waals surface area contributed by atoms with Gasteiger partial charge >= 0.3 is 5.97 Å².